The molecule has 0 aromatic heterocycles. The molecule has 0 radical (unpaired) electrons. The summed E-state index contributed by atoms with van der Waals surface area (Å²) in [6, 6.07) is 7.09. The minimum Gasteiger partial charge on any atom is -0.326 e. The molecular weight excluding hydrogens is 264 g/mol. The minimum absolute atomic E-state index is 0.00778. The maximum Gasteiger partial charge on any atom is 0.225 e. The first-order valence-corrected chi connectivity index (χ1v) is 7.68. The normalized spacial score (nSPS) is 19.2. The Hall–Kier alpha value is -1.68. The molecule has 1 aromatic carbocycles. The maximum atomic E-state index is 12.0. The summed E-state index contributed by atoms with van der Waals surface area (Å²) in [6.07, 6.45) is 3.01. The third kappa shape index (κ3) is 4.97. The number of ketones is 1. The highest BCUT2D eigenvalue weighted by Crippen LogP contribution is 2.16. The van der Waals surface area contributed by atoms with E-state index in [0.717, 1.165) is 25.6 Å². The number of likely N-dealkylation sites (tertiary alicyclic amines) is 1. The average Bonchev–Trinajstić information content (AvgIpc) is 2.45. The Bertz CT molecular complexity index is 513. The Balaban J connectivity index is 1.81. The molecule has 2 rings (SSSR count). The van der Waals surface area contributed by atoms with Crippen molar-refractivity contribution >= 4 is 17.4 Å². The first-order valence-electron chi connectivity index (χ1n) is 7.68. The number of carbonyl (C=O) groups is 2. The summed E-state index contributed by atoms with van der Waals surface area (Å²) < 4.78 is 0. The van der Waals surface area contributed by atoms with Crippen LogP contribution in [0.5, 0.6) is 0 Å². The van der Waals surface area contributed by atoms with Gasteiger partial charge in [-0.2, -0.15) is 0 Å². The van der Waals surface area contributed by atoms with Crippen molar-refractivity contribution in [3.05, 3.63) is 29.8 Å². The fourth-order valence-electron chi connectivity index (χ4n) is 2.79. The molecule has 0 bridgehead atoms. The van der Waals surface area contributed by atoms with Gasteiger partial charge in [0.05, 0.1) is 0 Å². The van der Waals surface area contributed by atoms with Crippen molar-refractivity contribution in [1.82, 2.24) is 4.90 Å². The fraction of sp³-hybridized carbons (Fsp3) is 0.529. The lowest BCUT2D eigenvalue weighted by Crippen LogP contribution is -2.36. The number of benzene rings is 1. The number of amides is 1. The second-order valence-electron chi connectivity index (χ2n) is 5.98. The van der Waals surface area contributed by atoms with Gasteiger partial charge in [-0.1, -0.05) is 19.1 Å². The van der Waals surface area contributed by atoms with E-state index in [4.69, 9.17) is 0 Å². The van der Waals surface area contributed by atoms with E-state index in [1.54, 1.807) is 18.2 Å². The van der Waals surface area contributed by atoms with E-state index in [2.05, 4.69) is 17.1 Å². The summed E-state index contributed by atoms with van der Waals surface area (Å²) in [7, 11) is 0. The quantitative estimate of drug-likeness (QED) is 0.847. The predicted octanol–water partition coefficient (Wildman–Crippen LogP) is 2.95. The van der Waals surface area contributed by atoms with Gasteiger partial charge in [0, 0.05) is 30.8 Å². The summed E-state index contributed by atoms with van der Waals surface area (Å²) in [5.41, 5.74) is 1.32. The van der Waals surface area contributed by atoms with Crippen LogP contribution in [0.25, 0.3) is 0 Å². The van der Waals surface area contributed by atoms with Crippen molar-refractivity contribution < 1.29 is 9.59 Å². The molecule has 0 spiro atoms. The second kappa shape index (κ2) is 7.36. The molecule has 1 amide bonds. The number of piperidine rings is 1. The molecule has 1 atom stereocenters. The number of carbonyl (C=O) groups excluding carboxylic acids is 2. The zero-order valence-electron chi connectivity index (χ0n) is 12.9. The SMILES string of the molecule is CC(=O)c1cccc(NC(=O)CCN2CCCC(C)C2)c1. The molecule has 1 aliphatic heterocycles. The van der Waals surface area contributed by atoms with Gasteiger partial charge in [0.2, 0.25) is 5.91 Å². The molecule has 0 saturated carbocycles. The topological polar surface area (TPSA) is 49.4 Å². The van der Waals surface area contributed by atoms with Crippen LogP contribution in [0, 0.1) is 5.92 Å². The monoisotopic (exact) mass is 288 g/mol. The number of hydrogen-bond acceptors (Lipinski definition) is 3. The number of rotatable bonds is 5. The largest absolute Gasteiger partial charge is 0.326 e. The van der Waals surface area contributed by atoms with E-state index in [9.17, 15) is 9.59 Å². The number of nitrogens with zero attached hydrogens (tertiary/aromatic N) is 1. The number of hydrogen-bond donors (Lipinski definition) is 1. The predicted molar refractivity (Wildman–Crippen MR) is 84.5 cm³/mol. The van der Waals surface area contributed by atoms with E-state index in [1.807, 2.05) is 6.07 Å². The molecule has 1 aromatic rings. The maximum absolute atomic E-state index is 12.0. The van der Waals surface area contributed by atoms with Crippen LogP contribution in [-0.4, -0.2) is 36.2 Å². The standard InChI is InChI=1S/C17H24N2O2/c1-13-5-4-9-19(12-13)10-8-17(21)18-16-7-3-6-15(11-16)14(2)20/h3,6-7,11,13H,4-5,8-10,12H2,1-2H3,(H,18,21). The van der Waals surface area contributed by atoms with Crippen LogP contribution in [0.4, 0.5) is 5.69 Å². The van der Waals surface area contributed by atoms with Gasteiger partial charge in [0.15, 0.2) is 5.78 Å². The summed E-state index contributed by atoms with van der Waals surface area (Å²) in [5.74, 6) is 0.747. The van der Waals surface area contributed by atoms with Gasteiger partial charge in [0.25, 0.3) is 0 Å². The first-order chi connectivity index (χ1) is 10.0. The highest BCUT2D eigenvalue weighted by Gasteiger charge is 2.16. The highest BCUT2D eigenvalue weighted by atomic mass is 16.1. The van der Waals surface area contributed by atoms with E-state index in [1.165, 1.54) is 19.8 Å². The van der Waals surface area contributed by atoms with Gasteiger partial charge in [0.1, 0.15) is 0 Å². The molecule has 21 heavy (non-hydrogen) atoms. The zero-order valence-corrected chi connectivity index (χ0v) is 12.9. The molecule has 1 fully saturated rings. The lowest BCUT2D eigenvalue weighted by molar-refractivity contribution is -0.116. The van der Waals surface area contributed by atoms with Gasteiger partial charge >= 0.3 is 0 Å². The molecule has 114 valence electrons. The Morgan fingerprint density at radius 1 is 1.38 bits per heavy atom. The fourth-order valence-corrected chi connectivity index (χ4v) is 2.79. The molecule has 1 aliphatic rings. The molecule has 4 heteroatoms. The lowest BCUT2D eigenvalue weighted by Gasteiger charge is -2.30. The highest BCUT2D eigenvalue weighted by molar-refractivity contribution is 5.97. The van der Waals surface area contributed by atoms with E-state index in [-0.39, 0.29) is 11.7 Å². The lowest BCUT2D eigenvalue weighted by atomic mass is 10.0. The Morgan fingerprint density at radius 2 is 2.19 bits per heavy atom. The van der Waals surface area contributed by atoms with Crippen LogP contribution in [0.1, 0.15) is 43.5 Å². The zero-order chi connectivity index (χ0) is 15.2. The van der Waals surface area contributed by atoms with Crippen LogP contribution in [0.15, 0.2) is 24.3 Å². The Kier molecular flexibility index (Phi) is 5.51. The van der Waals surface area contributed by atoms with Gasteiger partial charge < -0.3 is 10.2 Å². The first kappa shape index (κ1) is 15.7. The summed E-state index contributed by atoms with van der Waals surface area (Å²) in [6.45, 7) is 6.78. The van der Waals surface area contributed by atoms with Crippen LogP contribution in [-0.2, 0) is 4.79 Å². The van der Waals surface area contributed by atoms with Crippen molar-refractivity contribution in [1.29, 1.82) is 0 Å². The van der Waals surface area contributed by atoms with Crippen LogP contribution in [0.3, 0.4) is 0 Å². The smallest absolute Gasteiger partial charge is 0.225 e. The van der Waals surface area contributed by atoms with Crippen molar-refractivity contribution in [2.75, 3.05) is 25.0 Å². The van der Waals surface area contributed by atoms with Gasteiger partial charge in [-0.25, -0.2) is 0 Å². The van der Waals surface area contributed by atoms with Crippen molar-refractivity contribution in [3.8, 4) is 0 Å². The third-order valence-corrected chi connectivity index (χ3v) is 3.95. The number of anilines is 1. The van der Waals surface area contributed by atoms with Gasteiger partial charge in [-0.3, -0.25) is 9.59 Å². The third-order valence-electron chi connectivity index (χ3n) is 3.95. The van der Waals surface area contributed by atoms with Crippen molar-refractivity contribution in [2.24, 2.45) is 5.92 Å². The van der Waals surface area contributed by atoms with E-state index < -0.39 is 0 Å². The number of nitrogens with one attached hydrogen (secondary N) is 1. The molecular formula is C17H24N2O2. The van der Waals surface area contributed by atoms with E-state index in [0.29, 0.717) is 17.7 Å². The van der Waals surface area contributed by atoms with Gasteiger partial charge in [-0.15, -0.1) is 0 Å². The molecule has 1 unspecified atom stereocenters. The molecule has 1 heterocycles. The van der Waals surface area contributed by atoms with Crippen LogP contribution in [0.2, 0.25) is 0 Å². The average molecular weight is 288 g/mol. The summed E-state index contributed by atoms with van der Waals surface area (Å²) in [4.78, 5) is 25.7. The molecule has 4 nitrogen and oxygen atoms in total. The molecule has 1 N–H and O–H groups in total. The Labute approximate surface area is 126 Å². The second-order valence-corrected chi connectivity index (χ2v) is 5.98. The Morgan fingerprint density at radius 3 is 2.90 bits per heavy atom. The van der Waals surface area contributed by atoms with Crippen LogP contribution >= 0.6 is 0 Å². The van der Waals surface area contributed by atoms with Crippen molar-refractivity contribution in [2.45, 2.75) is 33.1 Å². The summed E-state index contributed by atoms with van der Waals surface area (Å²) >= 11 is 0. The summed E-state index contributed by atoms with van der Waals surface area (Å²) in [5, 5.41) is 2.87. The van der Waals surface area contributed by atoms with E-state index >= 15 is 0 Å². The minimum atomic E-state index is 0.00778. The van der Waals surface area contributed by atoms with Gasteiger partial charge in [-0.05, 0) is 44.4 Å². The molecule has 0 aliphatic carbocycles. The number of Topliss-reactive ketones (excluding diaryl/α,β-unsaturated/α-hetero) is 1. The van der Waals surface area contributed by atoms with Crippen LogP contribution < -0.4 is 5.32 Å². The van der Waals surface area contributed by atoms with Crippen molar-refractivity contribution in [3.63, 3.8) is 0 Å². The molecule has 1 saturated heterocycles.